The third-order valence-electron chi connectivity index (χ3n) is 4.84. The summed E-state index contributed by atoms with van der Waals surface area (Å²) in [5, 5.41) is 0.666. The Hall–Kier alpha value is -2.07. The highest BCUT2D eigenvalue weighted by Gasteiger charge is 2.23. The lowest BCUT2D eigenvalue weighted by Gasteiger charge is -2.23. The highest BCUT2D eigenvalue weighted by atomic mass is 127. The standard InChI is InChI=1S/C22H24IN3O3S/c1-5-25(6-2)20(27)14(3)30-22-24-19-12-7-15(23)13-18(19)21(28)26(22)16-8-10-17(29-4)11-9-16/h7-14H,5-6H2,1-4H3/t14-/m0/s1. The molecule has 0 aliphatic carbocycles. The molecule has 0 N–H and O–H groups in total. The van der Waals surface area contributed by atoms with E-state index in [0.29, 0.717) is 40.6 Å². The van der Waals surface area contributed by atoms with Crippen molar-refractivity contribution in [3.63, 3.8) is 0 Å². The summed E-state index contributed by atoms with van der Waals surface area (Å²) in [6, 6.07) is 12.9. The molecular formula is C22H24IN3O3S. The number of amides is 1. The van der Waals surface area contributed by atoms with Gasteiger partial charge in [0, 0.05) is 16.7 Å². The van der Waals surface area contributed by atoms with E-state index >= 15 is 0 Å². The quantitative estimate of drug-likeness (QED) is 0.255. The van der Waals surface area contributed by atoms with E-state index in [1.54, 1.807) is 28.7 Å². The molecular weight excluding hydrogens is 513 g/mol. The van der Waals surface area contributed by atoms with Crippen LogP contribution >= 0.6 is 34.4 Å². The molecule has 1 atom stereocenters. The summed E-state index contributed by atoms with van der Waals surface area (Å²) in [7, 11) is 1.60. The number of fused-ring (bicyclic) bond motifs is 1. The monoisotopic (exact) mass is 537 g/mol. The van der Waals surface area contributed by atoms with Crippen LogP contribution in [0.4, 0.5) is 0 Å². The minimum absolute atomic E-state index is 0.0308. The lowest BCUT2D eigenvalue weighted by molar-refractivity contribution is -0.129. The second-order valence-corrected chi connectivity index (χ2v) is 9.22. The number of aromatic nitrogens is 2. The van der Waals surface area contributed by atoms with Crippen molar-refractivity contribution in [1.82, 2.24) is 14.5 Å². The number of halogens is 1. The molecule has 0 radical (unpaired) electrons. The Morgan fingerprint density at radius 1 is 1.20 bits per heavy atom. The first kappa shape index (κ1) is 22.6. The van der Waals surface area contributed by atoms with Crippen molar-refractivity contribution >= 4 is 51.2 Å². The van der Waals surface area contributed by atoms with Gasteiger partial charge >= 0.3 is 0 Å². The molecule has 0 spiro atoms. The molecule has 0 aliphatic rings. The van der Waals surface area contributed by atoms with Crippen LogP contribution in [-0.4, -0.2) is 45.8 Å². The van der Waals surface area contributed by atoms with E-state index < -0.39 is 0 Å². The van der Waals surface area contributed by atoms with Crippen molar-refractivity contribution < 1.29 is 9.53 Å². The van der Waals surface area contributed by atoms with Gasteiger partial charge in [0.05, 0.1) is 29.0 Å². The molecule has 1 aromatic heterocycles. The molecule has 0 aliphatic heterocycles. The third-order valence-corrected chi connectivity index (χ3v) is 6.55. The predicted octanol–water partition coefficient (Wildman–Crippen LogP) is 4.35. The molecule has 3 rings (SSSR count). The molecule has 2 aromatic carbocycles. The normalized spacial score (nSPS) is 12.0. The highest BCUT2D eigenvalue weighted by molar-refractivity contribution is 14.1. The maximum absolute atomic E-state index is 13.4. The molecule has 8 heteroatoms. The predicted molar refractivity (Wildman–Crippen MR) is 130 cm³/mol. The number of methoxy groups -OCH3 is 1. The zero-order valence-corrected chi connectivity index (χ0v) is 20.4. The van der Waals surface area contributed by atoms with Crippen molar-refractivity contribution in [2.24, 2.45) is 0 Å². The number of nitrogens with zero attached hydrogens (tertiary/aromatic N) is 3. The van der Waals surface area contributed by atoms with E-state index in [1.165, 1.54) is 11.8 Å². The van der Waals surface area contributed by atoms with Gasteiger partial charge in [-0.3, -0.25) is 14.2 Å². The van der Waals surface area contributed by atoms with Gasteiger partial charge in [-0.15, -0.1) is 0 Å². The molecule has 0 saturated carbocycles. The first-order chi connectivity index (χ1) is 14.4. The largest absolute Gasteiger partial charge is 0.497 e. The number of ether oxygens (including phenoxy) is 1. The van der Waals surface area contributed by atoms with Crippen LogP contribution in [-0.2, 0) is 4.79 Å². The second kappa shape index (κ2) is 9.82. The SMILES string of the molecule is CCN(CC)C(=O)[C@H](C)Sc1nc2ccc(I)cc2c(=O)n1-c1ccc(OC)cc1. The summed E-state index contributed by atoms with van der Waals surface area (Å²) in [4.78, 5) is 32.8. The molecule has 1 heterocycles. The number of carbonyl (C=O) groups excluding carboxylic acids is 1. The molecule has 158 valence electrons. The van der Waals surface area contributed by atoms with E-state index in [0.717, 1.165) is 3.57 Å². The molecule has 30 heavy (non-hydrogen) atoms. The summed E-state index contributed by atoms with van der Waals surface area (Å²) in [6.07, 6.45) is 0. The van der Waals surface area contributed by atoms with Gasteiger partial charge in [-0.25, -0.2) is 4.98 Å². The van der Waals surface area contributed by atoms with Gasteiger partial charge in [-0.1, -0.05) is 11.8 Å². The van der Waals surface area contributed by atoms with Crippen molar-refractivity contribution in [2.75, 3.05) is 20.2 Å². The van der Waals surface area contributed by atoms with Crippen LogP contribution in [0.15, 0.2) is 52.4 Å². The fourth-order valence-corrected chi connectivity index (χ4v) is 4.68. The lowest BCUT2D eigenvalue weighted by Crippen LogP contribution is -2.36. The van der Waals surface area contributed by atoms with E-state index in [2.05, 4.69) is 22.6 Å². The van der Waals surface area contributed by atoms with Gasteiger partial charge in [0.1, 0.15) is 5.75 Å². The van der Waals surface area contributed by atoms with E-state index in [4.69, 9.17) is 9.72 Å². The second-order valence-electron chi connectivity index (χ2n) is 6.67. The smallest absolute Gasteiger partial charge is 0.266 e. The Bertz CT molecular complexity index is 1110. The maximum Gasteiger partial charge on any atom is 0.266 e. The minimum Gasteiger partial charge on any atom is -0.497 e. The third kappa shape index (κ3) is 4.64. The van der Waals surface area contributed by atoms with Gasteiger partial charge in [0.2, 0.25) is 5.91 Å². The Morgan fingerprint density at radius 3 is 2.47 bits per heavy atom. The Morgan fingerprint density at radius 2 is 1.87 bits per heavy atom. The van der Waals surface area contributed by atoms with Crippen LogP contribution in [0.3, 0.4) is 0 Å². The zero-order chi connectivity index (χ0) is 21.8. The van der Waals surface area contributed by atoms with Crippen LogP contribution in [0.1, 0.15) is 20.8 Å². The molecule has 0 fully saturated rings. The molecule has 1 amide bonds. The average molecular weight is 537 g/mol. The van der Waals surface area contributed by atoms with Crippen molar-refractivity contribution in [2.45, 2.75) is 31.2 Å². The minimum atomic E-state index is -0.373. The Balaban J connectivity index is 2.14. The zero-order valence-electron chi connectivity index (χ0n) is 17.4. The van der Waals surface area contributed by atoms with Crippen molar-refractivity contribution in [3.8, 4) is 11.4 Å². The van der Waals surface area contributed by atoms with Gasteiger partial charge in [0.15, 0.2) is 5.16 Å². The summed E-state index contributed by atoms with van der Waals surface area (Å²) in [5.41, 5.74) is 1.14. The number of carbonyl (C=O) groups is 1. The fraction of sp³-hybridized carbons (Fsp3) is 0.318. The number of hydrogen-bond acceptors (Lipinski definition) is 5. The van der Waals surface area contributed by atoms with Crippen LogP contribution in [0, 0.1) is 3.57 Å². The van der Waals surface area contributed by atoms with Gasteiger partial charge < -0.3 is 9.64 Å². The van der Waals surface area contributed by atoms with Crippen LogP contribution in [0.25, 0.3) is 16.6 Å². The van der Waals surface area contributed by atoms with Crippen LogP contribution < -0.4 is 10.3 Å². The average Bonchev–Trinajstić information content (AvgIpc) is 2.75. The molecule has 0 saturated heterocycles. The summed E-state index contributed by atoms with van der Waals surface area (Å²) in [5.74, 6) is 0.734. The number of benzene rings is 2. The van der Waals surface area contributed by atoms with Gasteiger partial charge in [-0.05, 0) is 85.8 Å². The summed E-state index contributed by atoms with van der Waals surface area (Å²) >= 11 is 3.49. The first-order valence-corrected chi connectivity index (χ1v) is 11.7. The van der Waals surface area contributed by atoms with Gasteiger partial charge in [0.25, 0.3) is 5.56 Å². The fourth-order valence-electron chi connectivity index (χ4n) is 3.18. The molecule has 3 aromatic rings. The molecule has 0 bridgehead atoms. The number of hydrogen-bond donors (Lipinski definition) is 0. The van der Waals surface area contributed by atoms with E-state index in [-0.39, 0.29) is 16.7 Å². The van der Waals surface area contributed by atoms with Gasteiger partial charge in [-0.2, -0.15) is 0 Å². The van der Waals surface area contributed by atoms with Crippen molar-refractivity contribution in [1.29, 1.82) is 0 Å². The van der Waals surface area contributed by atoms with Crippen LogP contribution in [0.5, 0.6) is 5.75 Å². The lowest BCUT2D eigenvalue weighted by atomic mass is 10.2. The molecule has 6 nitrogen and oxygen atoms in total. The summed E-state index contributed by atoms with van der Waals surface area (Å²) in [6.45, 7) is 7.07. The molecule has 0 unspecified atom stereocenters. The number of thioether (sulfide) groups is 1. The Labute approximate surface area is 193 Å². The first-order valence-electron chi connectivity index (χ1n) is 9.71. The Kier molecular flexibility index (Phi) is 7.41. The van der Waals surface area contributed by atoms with E-state index in [1.807, 2.05) is 51.1 Å². The van der Waals surface area contributed by atoms with E-state index in [9.17, 15) is 9.59 Å². The summed E-state index contributed by atoms with van der Waals surface area (Å²) < 4.78 is 7.78. The topological polar surface area (TPSA) is 64.4 Å². The van der Waals surface area contributed by atoms with Crippen molar-refractivity contribution in [3.05, 3.63) is 56.4 Å². The number of rotatable bonds is 7. The highest BCUT2D eigenvalue weighted by Crippen LogP contribution is 2.27. The maximum atomic E-state index is 13.4. The van der Waals surface area contributed by atoms with Crippen LogP contribution in [0.2, 0.25) is 0 Å².